The van der Waals surface area contributed by atoms with Crippen molar-refractivity contribution in [1.82, 2.24) is 4.90 Å². The van der Waals surface area contributed by atoms with Crippen LogP contribution < -0.4 is 0 Å². The smallest absolute Gasteiger partial charge is 0.388 e. The van der Waals surface area contributed by atoms with E-state index >= 15 is 0 Å². The third-order valence-electron chi connectivity index (χ3n) is 4.23. The minimum atomic E-state index is -4.62. The zero-order valence-electron chi connectivity index (χ0n) is 12.5. The first kappa shape index (κ1) is 17.7. The zero-order chi connectivity index (χ0) is 17.0. The summed E-state index contributed by atoms with van der Waals surface area (Å²) in [4.78, 5) is 13.6. The third kappa shape index (κ3) is 4.68. The number of piperidine rings is 1. The molecule has 128 valence electrons. The lowest BCUT2D eigenvalue weighted by Gasteiger charge is -2.35. The number of carbonyl (C=O) groups excluding carboxylic acids is 1. The van der Waals surface area contributed by atoms with Gasteiger partial charge in [-0.3, -0.25) is 4.79 Å². The van der Waals surface area contributed by atoms with Gasteiger partial charge in [0.15, 0.2) is 6.10 Å². The van der Waals surface area contributed by atoms with E-state index in [0.717, 1.165) is 0 Å². The van der Waals surface area contributed by atoms with E-state index in [1.54, 1.807) is 30.3 Å². The van der Waals surface area contributed by atoms with Gasteiger partial charge in [-0.15, -0.1) is 0 Å². The van der Waals surface area contributed by atoms with E-state index in [1.807, 2.05) is 0 Å². The fourth-order valence-corrected chi connectivity index (χ4v) is 2.82. The van der Waals surface area contributed by atoms with Gasteiger partial charge < -0.3 is 15.1 Å². The number of rotatable bonds is 4. The second-order valence-corrected chi connectivity index (χ2v) is 5.84. The molecule has 1 heterocycles. The monoisotopic (exact) mass is 331 g/mol. The van der Waals surface area contributed by atoms with Gasteiger partial charge in [-0.2, -0.15) is 13.2 Å². The van der Waals surface area contributed by atoms with E-state index in [4.69, 9.17) is 0 Å². The van der Waals surface area contributed by atoms with E-state index in [-0.39, 0.29) is 38.3 Å². The molecule has 0 saturated carbocycles. The lowest BCUT2D eigenvalue weighted by molar-refractivity contribution is -0.223. The van der Waals surface area contributed by atoms with Crippen molar-refractivity contribution < 1.29 is 28.2 Å². The maximum atomic E-state index is 12.5. The molecule has 2 rings (SSSR count). The molecule has 1 aromatic carbocycles. The maximum absolute atomic E-state index is 12.5. The summed E-state index contributed by atoms with van der Waals surface area (Å²) in [6, 6.07) is 8.74. The fraction of sp³-hybridized carbons (Fsp3) is 0.562. The second-order valence-electron chi connectivity index (χ2n) is 5.84. The van der Waals surface area contributed by atoms with Crippen LogP contribution in [-0.4, -0.2) is 46.4 Å². The molecule has 0 spiro atoms. The van der Waals surface area contributed by atoms with Crippen LogP contribution in [0.25, 0.3) is 0 Å². The number of nitrogens with zero attached hydrogens (tertiary/aromatic N) is 1. The zero-order valence-corrected chi connectivity index (χ0v) is 12.5. The first-order chi connectivity index (χ1) is 10.8. The van der Waals surface area contributed by atoms with Gasteiger partial charge in [-0.25, -0.2) is 0 Å². The molecule has 0 aliphatic carbocycles. The van der Waals surface area contributed by atoms with E-state index in [0.29, 0.717) is 5.56 Å². The molecular formula is C16H20F3NO3. The molecule has 2 N–H and O–H groups in total. The molecule has 2 unspecified atom stereocenters. The van der Waals surface area contributed by atoms with Crippen LogP contribution in [0.2, 0.25) is 0 Å². The number of amides is 1. The number of halogens is 3. The number of aliphatic hydroxyl groups is 2. The Labute approximate surface area is 132 Å². The number of benzene rings is 1. The summed E-state index contributed by atoms with van der Waals surface area (Å²) in [5.74, 6) is -1.17. The van der Waals surface area contributed by atoms with Crippen molar-refractivity contribution >= 4 is 5.91 Å². The van der Waals surface area contributed by atoms with Crippen molar-refractivity contribution in [2.24, 2.45) is 5.92 Å². The van der Waals surface area contributed by atoms with Gasteiger partial charge >= 0.3 is 6.18 Å². The van der Waals surface area contributed by atoms with Crippen LogP contribution in [-0.2, 0) is 4.79 Å². The van der Waals surface area contributed by atoms with Crippen LogP contribution in [0.1, 0.15) is 30.9 Å². The minimum Gasteiger partial charge on any atom is -0.388 e. The van der Waals surface area contributed by atoms with Crippen molar-refractivity contribution in [2.75, 3.05) is 13.1 Å². The number of alkyl halides is 3. The van der Waals surface area contributed by atoms with E-state index < -0.39 is 24.3 Å². The van der Waals surface area contributed by atoms with E-state index in [2.05, 4.69) is 0 Å². The van der Waals surface area contributed by atoms with Gasteiger partial charge in [0.1, 0.15) is 0 Å². The molecule has 2 atom stereocenters. The Morgan fingerprint density at radius 1 is 1.17 bits per heavy atom. The topological polar surface area (TPSA) is 60.8 Å². The van der Waals surface area contributed by atoms with Gasteiger partial charge in [0, 0.05) is 13.1 Å². The highest BCUT2D eigenvalue weighted by atomic mass is 19.4. The summed E-state index contributed by atoms with van der Waals surface area (Å²) >= 11 is 0. The predicted molar refractivity (Wildman–Crippen MR) is 77.4 cm³/mol. The number of hydrogen-bond acceptors (Lipinski definition) is 3. The lowest BCUT2D eigenvalue weighted by atomic mass is 9.90. The predicted octanol–water partition coefficient (Wildman–Crippen LogP) is 2.27. The average molecular weight is 331 g/mol. The Morgan fingerprint density at radius 2 is 1.74 bits per heavy atom. The first-order valence-corrected chi connectivity index (χ1v) is 7.54. The van der Waals surface area contributed by atoms with Crippen molar-refractivity contribution in [3.8, 4) is 0 Å². The molecule has 1 aliphatic rings. The summed E-state index contributed by atoms with van der Waals surface area (Å²) in [6.45, 7) is 0.330. The van der Waals surface area contributed by atoms with E-state index in [1.165, 1.54) is 4.90 Å². The number of likely N-dealkylation sites (tertiary alicyclic amines) is 1. The Morgan fingerprint density at radius 3 is 2.26 bits per heavy atom. The Kier molecular flexibility index (Phi) is 5.64. The summed E-state index contributed by atoms with van der Waals surface area (Å²) in [7, 11) is 0. The molecule has 1 fully saturated rings. The molecule has 0 radical (unpaired) electrons. The normalized spacial score (nSPS) is 19.4. The van der Waals surface area contributed by atoms with Crippen LogP contribution in [0.4, 0.5) is 13.2 Å². The molecule has 1 saturated heterocycles. The minimum absolute atomic E-state index is 0.101. The largest absolute Gasteiger partial charge is 0.414 e. The van der Waals surface area contributed by atoms with E-state index in [9.17, 15) is 28.2 Å². The highest BCUT2D eigenvalue weighted by Gasteiger charge is 2.44. The average Bonchev–Trinajstić information content (AvgIpc) is 2.54. The number of hydrogen-bond donors (Lipinski definition) is 2. The Bertz CT molecular complexity index is 513. The molecule has 4 nitrogen and oxygen atoms in total. The van der Waals surface area contributed by atoms with Crippen LogP contribution in [0.3, 0.4) is 0 Å². The Balaban J connectivity index is 1.84. The quantitative estimate of drug-likeness (QED) is 0.890. The van der Waals surface area contributed by atoms with Crippen molar-refractivity contribution in [2.45, 2.75) is 37.6 Å². The highest BCUT2D eigenvalue weighted by molar-refractivity contribution is 5.77. The summed E-state index contributed by atoms with van der Waals surface area (Å²) in [6.07, 6.45) is -7.78. The second kappa shape index (κ2) is 7.31. The Hall–Kier alpha value is -1.60. The molecule has 1 aliphatic heterocycles. The van der Waals surface area contributed by atoms with Crippen LogP contribution in [0.15, 0.2) is 30.3 Å². The standard InChI is InChI=1S/C16H20F3NO3/c17-16(18,19)15(23)12-6-8-20(9-7-12)14(22)10-13(21)11-4-2-1-3-5-11/h1-5,12-13,15,21,23H,6-10H2. The number of aliphatic hydroxyl groups excluding tert-OH is 2. The number of carbonyl (C=O) groups is 1. The molecule has 0 bridgehead atoms. The lowest BCUT2D eigenvalue weighted by Crippen LogP contribution is -2.45. The van der Waals surface area contributed by atoms with Gasteiger partial charge in [0.2, 0.25) is 5.91 Å². The summed E-state index contributed by atoms with van der Waals surface area (Å²) < 4.78 is 37.5. The molecule has 0 aromatic heterocycles. The van der Waals surface area contributed by atoms with Gasteiger partial charge in [-0.1, -0.05) is 30.3 Å². The molecule has 1 amide bonds. The highest BCUT2D eigenvalue weighted by Crippen LogP contribution is 2.32. The van der Waals surface area contributed by atoms with Crippen molar-refractivity contribution in [3.63, 3.8) is 0 Å². The molecule has 7 heteroatoms. The molecular weight excluding hydrogens is 311 g/mol. The van der Waals surface area contributed by atoms with Gasteiger partial charge in [0.05, 0.1) is 12.5 Å². The van der Waals surface area contributed by atoms with Gasteiger partial charge in [-0.05, 0) is 24.3 Å². The van der Waals surface area contributed by atoms with Gasteiger partial charge in [0.25, 0.3) is 0 Å². The summed E-state index contributed by atoms with van der Waals surface area (Å²) in [5, 5.41) is 19.3. The van der Waals surface area contributed by atoms with Crippen LogP contribution in [0, 0.1) is 5.92 Å². The molecule has 23 heavy (non-hydrogen) atoms. The fourth-order valence-electron chi connectivity index (χ4n) is 2.82. The SMILES string of the molecule is O=C(CC(O)c1ccccc1)N1CCC(C(O)C(F)(F)F)CC1. The van der Waals surface area contributed by atoms with Crippen LogP contribution >= 0.6 is 0 Å². The van der Waals surface area contributed by atoms with Crippen LogP contribution in [0.5, 0.6) is 0 Å². The maximum Gasteiger partial charge on any atom is 0.414 e. The van der Waals surface area contributed by atoms with Crippen molar-refractivity contribution in [3.05, 3.63) is 35.9 Å². The third-order valence-corrected chi connectivity index (χ3v) is 4.23. The molecule has 1 aromatic rings. The van der Waals surface area contributed by atoms with Crippen molar-refractivity contribution in [1.29, 1.82) is 0 Å². The first-order valence-electron chi connectivity index (χ1n) is 7.54. The summed E-state index contributed by atoms with van der Waals surface area (Å²) in [5.41, 5.74) is 0.628.